The summed E-state index contributed by atoms with van der Waals surface area (Å²) in [6.07, 6.45) is 4.63. The van der Waals surface area contributed by atoms with Gasteiger partial charge < -0.3 is 9.13 Å². The minimum absolute atomic E-state index is 0.156. The molecule has 0 N–H and O–H groups in total. The molecule has 1 aliphatic carbocycles. The van der Waals surface area contributed by atoms with Gasteiger partial charge in [-0.25, -0.2) is 0 Å². The number of aromatic nitrogens is 6. The summed E-state index contributed by atoms with van der Waals surface area (Å²) in [4.78, 5) is 0. The summed E-state index contributed by atoms with van der Waals surface area (Å²) in [5.41, 5.74) is 0. The van der Waals surface area contributed by atoms with E-state index in [1.54, 1.807) is 36.2 Å². The lowest BCUT2D eigenvalue weighted by Gasteiger charge is -2.34. The van der Waals surface area contributed by atoms with Gasteiger partial charge >= 0.3 is 0 Å². The molecule has 0 amide bonds. The van der Waals surface area contributed by atoms with Crippen molar-refractivity contribution < 1.29 is 0 Å². The van der Waals surface area contributed by atoms with Gasteiger partial charge in [-0.05, 0) is 12.8 Å². The summed E-state index contributed by atoms with van der Waals surface area (Å²) in [6, 6.07) is 4.60. The van der Waals surface area contributed by atoms with E-state index < -0.39 is 0 Å². The molecule has 3 rings (SSSR count). The predicted octanol–water partition coefficient (Wildman–Crippen LogP) is 1.64. The van der Waals surface area contributed by atoms with E-state index in [1.807, 2.05) is 23.2 Å². The molecule has 1 saturated carbocycles. The third kappa shape index (κ3) is 3.40. The molecule has 0 saturated heterocycles. The molecule has 124 valence electrons. The molecule has 2 aromatic rings. The van der Waals surface area contributed by atoms with Crippen molar-refractivity contribution in [2.75, 3.05) is 0 Å². The molecular weight excluding hydrogens is 344 g/mol. The maximum atomic E-state index is 9.40. The van der Waals surface area contributed by atoms with Crippen molar-refractivity contribution in [3.63, 3.8) is 0 Å². The van der Waals surface area contributed by atoms with Crippen LogP contribution in [0.25, 0.3) is 0 Å². The van der Waals surface area contributed by atoms with Gasteiger partial charge in [0.25, 0.3) is 0 Å². The highest BCUT2D eigenvalue weighted by molar-refractivity contribution is 8.03. The van der Waals surface area contributed by atoms with Crippen LogP contribution in [0, 0.1) is 34.5 Å². The summed E-state index contributed by atoms with van der Waals surface area (Å²) in [5.74, 6) is -0.505. The van der Waals surface area contributed by atoms with E-state index >= 15 is 0 Å². The lowest BCUT2D eigenvalue weighted by atomic mass is 9.80. The highest BCUT2D eigenvalue weighted by Crippen LogP contribution is 2.44. The minimum Gasteiger partial charge on any atom is -0.312 e. The Kier molecular flexibility index (Phi) is 5.07. The Morgan fingerprint density at radius 3 is 1.62 bits per heavy atom. The molecule has 10 heteroatoms. The number of nitrogens with zero attached hydrogens (tertiary/aromatic N) is 8. The highest BCUT2D eigenvalue weighted by Gasteiger charge is 2.39. The van der Waals surface area contributed by atoms with Crippen LogP contribution in [0.4, 0.5) is 0 Å². The Hall–Kier alpha value is -2.04. The van der Waals surface area contributed by atoms with E-state index in [9.17, 15) is 10.5 Å². The molecule has 8 nitrogen and oxygen atoms in total. The molecule has 0 radical (unpaired) electrons. The SMILES string of the molecule is Cn1cnnc1SC1CC(C#N)C(C#N)CC1Sc1nncn1C. The molecule has 2 heterocycles. The van der Waals surface area contributed by atoms with Crippen LogP contribution in [0.5, 0.6) is 0 Å². The zero-order chi connectivity index (χ0) is 17.1. The zero-order valence-electron chi connectivity index (χ0n) is 13.3. The molecule has 24 heavy (non-hydrogen) atoms. The van der Waals surface area contributed by atoms with Crippen LogP contribution in [0.1, 0.15) is 12.8 Å². The Morgan fingerprint density at radius 2 is 1.33 bits per heavy atom. The normalized spacial score (nSPS) is 26.7. The lowest BCUT2D eigenvalue weighted by molar-refractivity contribution is 0.367. The number of hydrogen-bond acceptors (Lipinski definition) is 8. The van der Waals surface area contributed by atoms with Crippen molar-refractivity contribution in [1.82, 2.24) is 29.5 Å². The van der Waals surface area contributed by atoms with Crippen LogP contribution in [-0.4, -0.2) is 40.0 Å². The van der Waals surface area contributed by atoms with Crippen LogP contribution in [0.3, 0.4) is 0 Å². The van der Waals surface area contributed by atoms with Gasteiger partial charge in [-0.3, -0.25) is 0 Å². The molecular formula is C14H16N8S2. The van der Waals surface area contributed by atoms with Gasteiger partial charge in [-0.15, -0.1) is 20.4 Å². The first-order valence-electron chi connectivity index (χ1n) is 7.43. The molecule has 0 bridgehead atoms. The van der Waals surface area contributed by atoms with E-state index in [0.717, 1.165) is 10.3 Å². The van der Waals surface area contributed by atoms with Crippen molar-refractivity contribution in [2.24, 2.45) is 25.9 Å². The number of aryl methyl sites for hydroxylation is 2. The van der Waals surface area contributed by atoms with Crippen LogP contribution < -0.4 is 0 Å². The highest BCUT2D eigenvalue weighted by atomic mass is 32.2. The molecule has 1 fully saturated rings. The van der Waals surface area contributed by atoms with E-state index in [4.69, 9.17) is 0 Å². The van der Waals surface area contributed by atoms with Crippen LogP contribution in [0.2, 0.25) is 0 Å². The number of nitriles is 2. The molecule has 1 aliphatic rings. The molecule has 0 spiro atoms. The monoisotopic (exact) mass is 360 g/mol. The van der Waals surface area contributed by atoms with Crippen molar-refractivity contribution in [2.45, 2.75) is 33.7 Å². The Labute approximate surface area is 148 Å². The van der Waals surface area contributed by atoms with Gasteiger partial charge in [0.2, 0.25) is 0 Å². The van der Waals surface area contributed by atoms with Crippen molar-refractivity contribution in [3.05, 3.63) is 12.7 Å². The average molecular weight is 360 g/mol. The molecule has 0 aliphatic heterocycles. The van der Waals surface area contributed by atoms with Gasteiger partial charge in [-0.2, -0.15) is 10.5 Å². The second-order valence-corrected chi connectivity index (χ2v) is 8.12. The maximum absolute atomic E-state index is 9.40. The topological polar surface area (TPSA) is 109 Å². The van der Waals surface area contributed by atoms with Gasteiger partial charge in [0.05, 0.1) is 24.0 Å². The van der Waals surface area contributed by atoms with Crippen molar-refractivity contribution in [3.8, 4) is 12.1 Å². The fourth-order valence-electron chi connectivity index (χ4n) is 2.70. The Bertz CT molecular complexity index is 719. The molecule has 4 unspecified atom stereocenters. The molecule has 0 aromatic carbocycles. The minimum atomic E-state index is -0.253. The van der Waals surface area contributed by atoms with E-state index in [0.29, 0.717) is 12.8 Å². The summed E-state index contributed by atoms with van der Waals surface area (Å²) in [6.45, 7) is 0. The zero-order valence-corrected chi connectivity index (χ0v) is 14.9. The van der Waals surface area contributed by atoms with Crippen molar-refractivity contribution in [1.29, 1.82) is 10.5 Å². The van der Waals surface area contributed by atoms with Crippen LogP contribution in [-0.2, 0) is 14.1 Å². The fraction of sp³-hybridized carbons (Fsp3) is 0.571. The number of rotatable bonds is 4. The second-order valence-electron chi connectivity index (χ2n) is 5.70. The number of thioether (sulfide) groups is 2. The standard InChI is InChI=1S/C14H16N8S2/c1-21-7-17-19-13(21)23-11-3-9(5-15)10(6-16)4-12(11)24-14-20-18-8-22(14)2/h7-12H,3-4H2,1-2H3. The maximum Gasteiger partial charge on any atom is 0.191 e. The first-order valence-corrected chi connectivity index (χ1v) is 9.18. The quantitative estimate of drug-likeness (QED) is 0.809. The first-order chi connectivity index (χ1) is 11.6. The van der Waals surface area contributed by atoms with E-state index in [1.165, 1.54) is 0 Å². The van der Waals surface area contributed by atoms with E-state index in [-0.39, 0.29) is 22.3 Å². The average Bonchev–Trinajstić information content (AvgIpc) is 3.17. The largest absolute Gasteiger partial charge is 0.312 e. The smallest absolute Gasteiger partial charge is 0.191 e. The third-order valence-electron chi connectivity index (χ3n) is 4.06. The fourth-order valence-corrected chi connectivity index (χ4v) is 5.32. The second kappa shape index (κ2) is 7.24. The number of hydrogen-bond donors (Lipinski definition) is 0. The van der Waals surface area contributed by atoms with Crippen molar-refractivity contribution >= 4 is 23.5 Å². The third-order valence-corrected chi connectivity index (χ3v) is 7.04. The predicted molar refractivity (Wildman–Crippen MR) is 88.7 cm³/mol. The summed E-state index contributed by atoms with van der Waals surface area (Å²) >= 11 is 3.23. The molecule has 2 aromatic heterocycles. The van der Waals surface area contributed by atoms with Gasteiger partial charge in [0, 0.05) is 24.6 Å². The van der Waals surface area contributed by atoms with Crippen LogP contribution in [0.15, 0.2) is 23.0 Å². The van der Waals surface area contributed by atoms with Crippen LogP contribution >= 0.6 is 23.5 Å². The van der Waals surface area contributed by atoms with E-state index in [2.05, 4.69) is 32.5 Å². The summed E-state index contributed by atoms with van der Waals surface area (Å²) in [5, 5.41) is 36.8. The Morgan fingerprint density at radius 1 is 0.917 bits per heavy atom. The summed E-state index contributed by atoms with van der Waals surface area (Å²) < 4.78 is 3.74. The molecule has 4 atom stereocenters. The van der Waals surface area contributed by atoms with Gasteiger partial charge in [0.15, 0.2) is 10.3 Å². The lowest BCUT2D eigenvalue weighted by Crippen LogP contribution is -2.35. The summed E-state index contributed by atoms with van der Waals surface area (Å²) in [7, 11) is 3.80. The first kappa shape index (κ1) is 16.8. The Balaban J connectivity index is 1.83. The van der Waals surface area contributed by atoms with Gasteiger partial charge in [-0.1, -0.05) is 23.5 Å². The van der Waals surface area contributed by atoms with Gasteiger partial charge in [0.1, 0.15) is 12.7 Å².